The van der Waals surface area contributed by atoms with Crippen LogP contribution in [0.1, 0.15) is 57.9 Å². The molecule has 0 aromatic heterocycles. The molecule has 1 unspecified atom stereocenters. The molecule has 0 heterocycles. The Hall–Kier alpha value is -2.28. The van der Waals surface area contributed by atoms with E-state index in [4.69, 9.17) is 25.5 Å². The molecule has 1 atom stereocenters. The number of carbonyl (C=O) groups is 3. The number of hydrogen-bond acceptors (Lipinski definition) is 4. The first-order valence-corrected chi connectivity index (χ1v) is 9.52. The van der Waals surface area contributed by atoms with Crippen molar-refractivity contribution < 1.29 is 29.0 Å². The van der Waals surface area contributed by atoms with Gasteiger partial charge in [0.05, 0.1) is 0 Å². The molecule has 1 saturated carbocycles. The zero-order valence-electron chi connectivity index (χ0n) is 16.5. The van der Waals surface area contributed by atoms with Crippen molar-refractivity contribution in [3.8, 4) is 0 Å². The molecule has 0 amide bonds. The van der Waals surface area contributed by atoms with Gasteiger partial charge in [-0.3, -0.25) is 4.79 Å². The van der Waals surface area contributed by atoms with E-state index in [0.717, 1.165) is 18.4 Å². The number of nitrogens with two attached hydrogens (primary N) is 1. The van der Waals surface area contributed by atoms with Crippen LogP contribution in [0.5, 0.6) is 0 Å². The number of halogens is 1. The summed E-state index contributed by atoms with van der Waals surface area (Å²) in [5.41, 5.74) is 6.83. The van der Waals surface area contributed by atoms with E-state index in [0.29, 0.717) is 18.8 Å². The highest BCUT2D eigenvalue weighted by atomic mass is 19.1. The summed E-state index contributed by atoms with van der Waals surface area (Å²) in [5.74, 6) is -3.17. The van der Waals surface area contributed by atoms with E-state index < -0.39 is 17.4 Å². The van der Waals surface area contributed by atoms with Gasteiger partial charge in [-0.05, 0) is 42.9 Å². The van der Waals surface area contributed by atoms with E-state index in [1.54, 1.807) is 12.1 Å². The second-order valence-corrected chi connectivity index (χ2v) is 7.99. The van der Waals surface area contributed by atoms with E-state index in [1.807, 2.05) is 13.8 Å². The molecule has 6 nitrogen and oxygen atoms in total. The fraction of sp³-hybridized carbons (Fsp3) is 0.571. The fourth-order valence-electron chi connectivity index (χ4n) is 3.43. The number of carboxylic acid groups (broad SMARTS) is 2. The zero-order valence-corrected chi connectivity index (χ0v) is 16.5. The monoisotopic (exact) mass is 395 g/mol. The van der Waals surface area contributed by atoms with Gasteiger partial charge < -0.3 is 15.9 Å². The normalized spacial score (nSPS) is 15.9. The molecule has 1 fully saturated rings. The molecule has 1 aromatic rings. The maximum absolute atomic E-state index is 13.0. The highest BCUT2D eigenvalue weighted by Crippen LogP contribution is 2.30. The lowest BCUT2D eigenvalue weighted by Crippen LogP contribution is -2.38. The molecule has 0 bridgehead atoms. The van der Waals surface area contributed by atoms with Crippen LogP contribution in [0.15, 0.2) is 24.3 Å². The minimum Gasteiger partial charge on any atom is -0.473 e. The third-order valence-electron chi connectivity index (χ3n) is 5.17. The van der Waals surface area contributed by atoms with Crippen molar-refractivity contribution >= 4 is 17.7 Å². The molecule has 7 heteroatoms. The molecule has 0 spiro atoms. The van der Waals surface area contributed by atoms with Gasteiger partial charge in [-0.1, -0.05) is 45.2 Å². The van der Waals surface area contributed by atoms with Crippen LogP contribution in [0.25, 0.3) is 0 Å². The number of rotatable bonds is 6. The molecule has 1 aliphatic carbocycles. The van der Waals surface area contributed by atoms with Crippen LogP contribution in [0.3, 0.4) is 0 Å². The van der Waals surface area contributed by atoms with Crippen LogP contribution < -0.4 is 5.73 Å². The SMILES string of the molecule is CC(C)(Cc1ccc(F)cc1)C(=O)CC(N)C1CCCCC1.O=C(O)C(=O)O. The predicted octanol–water partition coefficient (Wildman–Crippen LogP) is 3.42. The van der Waals surface area contributed by atoms with Crippen molar-refractivity contribution in [2.24, 2.45) is 17.1 Å². The lowest BCUT2D eigenvalue weighted by Gasteiger charge is -2.30. The van der Waals surface area contributed by atoms with E-state index in [2.05, 4.69) is 0 Å². The number of aliphatic carboxylic acids is 2. The Kier molecular flexibility index (Phi) is 9.25. The largest absolute Gasteiger partial charge is 0.473 e. The molecule has 0 saturated heterocycles. The molecule has 156 valence electrons. The van der Waals surface area contributed by atoms with E-state index in [-0.39, 0.29) is 17.6 Å². The first kappa shape index (κ1) is 23.8. The van der Waals surface area contributed by atoms with Crippen LogP contribution in [0, 0.1) is 17.2 Å². The van der Waals surface area contributed by atoms with Gasteiger partial charge in [0.1, 0.15) is 11.6 Å². The molecular formula is C21H30FNO5. The summed E-state index contributed by atoms with van der Waals surface area (Å²) in [5, 5.41) is 14.8. The summed E-state index contributed by atoms with van der Waals surface area (Å²) in [7, 11) is 0. The van der Waals surface area contributed by atoms with Gasteiger partial charge in [0, 0.05) is 17.9 Å². The number of carboxylic acids is 2. The minimum absolute atomic E-state index is 0.0136. The standard InChI is InChI=1S/C19H28FNO.C2H2O4/c1-19(2,13-14-8-10-16(20)11-9-14)18(22)12-17(21)15-6-4-3-5-7-15;3-1(4)2(5)6/h8-11,15,17H,3-7,12-13,21H2,1-2H3;(H,3,4)(H,5,6). The summed E-state index contributed by atoms with van der Waals surface area (Å²) in [6.45, 7) is 3.93. The van der Waals surface area contributed by atoms with Crippen molar-refractivity contribution in [2.75, 3.05) is 0 Å². The van der Waals surface area contributed by atoms with Crippen LogP contribution in [-0.2, 0) is 20.8 Å². The van der Waals surface area contributed by atoms with Crippen molar-refractivity contribution in [3.05, 3.63) is 35.6 Å². The summed E-state index contributed by atoms with van der Waals surface area (Å²) in [6, 6.07) is 6.39. The van der Waals surface area contributed by atoms with Crippen molar-refractivity contribution in [2.45, 2.75) is 64.8 Å². The first-order valence-electron chi connectivity index (χ1n) is 9.52. The maximum atomic E-state index is 13.0. The van der Waals surface area contributed by atoms with Crippen molar-refractivity contribution in [1.29, 1.82) is 0 Å². The van der Waals surface area contributed by atoms with E-state index >= 15 is 0 Å². The molecule has 0 aliphatic heterocycles. The summed E-state index contributed by atoms with van der Waals surface area (Å²) in [6.07, 6.45) is 7.19. The highest BCUT2D eigenvalue weighted by molar-refractivity contribution is 6.27. The molecule has 28 heavy (non-hydrogen) atoms. The smallest absolute Gasteiger partial charge is 0.414 e. The van der Waals surface area contributed by atoms with Gasteiger partial charge in [0.2, 0.25) is 0 Å². The van der Waals surface area contributed by atoms with Crippen LogP contribution in [0.4, 0.5) is 4.39 Å². The van der Waals surface area contributed by atoms with Crippen LogP contribution in [0.2, 0.25) is 0 Å². The van der Waals surface area contributed by atoms with Gasteiger partial charge >= 0.3 is 11.9 Å². The number of benzene rings is 1. The topological polar surface area (TPSA) is 118 Å². The lowest BCUT2D eigenvalue weighted by molar-refractivity contribution is -0.159. The Bertz CT molecular complexity index is 654. The lowest BCUT2D eigenvalue weighted by atomic mass is 9.76. The van der Waals surface area contributed by atoms with E-state index in [1.165, 1.54) is 31.4 Å². The predicted molar refractivity (Wildman–Crippen MR) is 103 cm³/mol. The minimum atomic E-state index is -1.82. The zero-order chi connectivity index (χ0) is 21.3. The quantitative estimate of drug-likeness (QED) is 0.635. The molecule has 1 aromatic carbocycles. The first-order chi connectivity index (χ1) is 13.0. The van der Waals surface area contributed by atoms with Gasteiger partial charge in [-0.15, -0.1) is 0 Å². The Balaban J connectivity index is 0.000000568. The van der Waals surface area contributed by atoms with Crippen LogP contribution >= 0.6 is 0 Å². The molecule has 2 rings (SSSR count). The van der Waals surface area contributed by atoms with Gasteiger partial charge in [-0.25, -0.2) is 14.0 Å². The molecule has 0 radical (unpaired) electrons. The molecular weight excluding hydrogens is 365 g/mol. The van der Waals surface area contributed by atoms with Gasteiger partial charge in [0.15, 0.2) is 0 Å². The van der Waals surface area contributed by atoms with Crippen molar-refractivity contribution in [3.63, 3.8) is 0 Å². The summed E-state index contributed by atoms with van der Waals surface area (Å²) >= 11 is 0. The Morgan fingerprint density at radius 2 is 1.57 bits per heavy atom. The number of carbonyl (C=O) groups excluding carboxylic acids is 1. The van der Waals surface area contributed by atoms with Crippen LogP contribution in [-0.4, -0.2) is 34.0 Å². The fourth-order valence-corrected chi connectivity index (χ4v) is 3.43. The molecule has 1 aliphatic rings. The second kappa shape index (κ2) is 10.9. The van der Waals surface area contributed by atoms with Crippen molar-refractivity contribution in [1.82, 2.24) is 0 Å². The van der Waals surface area contributed by atoms with Gasteiger partial charge in [-0.2, -0.15) is 0 Å². The highest BCUT2D eigenvalue weighted by Gasteiger charge is 2.31. The Morgan fingerprint density at radius 3 is 2.04 bits per heavy atom. The second-order valence-electron chi connectivity index (χ2n) is 7.99. The molecule has 4 N–H and O–H groups in total. The van der Waals surface area contributed by atoms with Gasteiger partial charge in [0.25, 0.3) is 0 Å². The average molecular weight is 395 g/mol. The maximum Gasteiger partial charge on any atom is 0.414 e. The third-order valence-corrected chi connectivity index (χ3v) is 5.17. The summed E-state index contributed by atoms with van der Waals surface area (Å²) in [4.78, 5) is 30.8. The average Bonchev–Trinajstić information content (AvgIpc) is 2.64. The number of Topliss-reactive ketones (excluding diaryl/α,β-unsaturated/α-hetero) is 1. The number of ketones is 1. The third kappa shape index (κ3) is 8.17. The van der Waals surface area contributed by atoms with E-state index in [9.17, 15) is 9.18 Å². The Morgan fingerprint density at radius 1 is 1.07 bits per heavy atom. The number of hydrogen-bond donors (Lipinski definition) is 3. The summed E-state index contributed by atoms with van der Waals surface area (Å²) < 4.78 is 13.0. The Labute approximate surface area is 164 Å².